The van der Waals surface area contributed by atoms with E-state index in [1.807, 2.05) is 0 Å². The second kappa shape index (κ2) is 3.60. The first-order chi connectivity index (χ1) is 4.84. The van der Waals surface area contributed by atoms with Gasteiger partial charge in [-0.05, 0) is 32.5 Å². The Balaban J connectivity index is 2.47. The molecule has 10 heavy (non-hydrogen) atoms. The van der Waals surface area contributed by atoms with Crippen LogP contribution in [0.2, 0.25) is 0 Å². The summed E-state index contributed by atoms with van der Waals surface area (Å²) >= 11 is 0. The summed E-state index contributed by atoms with van der Waals surface area (Å²) < 4.78 is 0. The van der Waals surface area contributed by atoms with Gasteiger partial charge in [0.25, 0.3) is 0 Å². The summed E-state index contributed by atoms with van der Waals surface area (Å²) in [5, 5.41) is 0. The third-order valence-electron chi connectivity index (χ3n) is 2.14. The van der Waals surface area contributed by atoms with Gasteiger partial charge < -0.3 is 0 Å². The maximum atomic E-state index is 3.58. The zero-order chi connectivity index (χ0) is 7.40. The minimum absolute atomic E-state index is 0.603. The van der Waals surface area contributed by atoms with E-state index in [9.17, 15) is 0 Å². The number of hydrogen-bond acceptors (Lipinski definition) is 1. The molecule has 0 saturated carbocycles. The van der Waals surface area contributed by atoms with Crippen LogP contribution in [0.3, 0.4) is 0 Å². The fourth-order valence-corrected chi connectivity index (χ4v) is 1.45. The Morgan fingerprint density at radius 2 is 2.40 bits per heavy atom. The Kier molecular flexibility index (Phi) is 2.73. The third kappa shape index (κ3) is 1.73. The van der Waals surface area contributed by atoms with Crippen LogP contribution in [0.15, 0.2) is 18.4 Å². The lowest BCUT2D eigenvalue weighted by Crippen LogP contribution is -2.34. The highest BCUT2D eigenvalue weighted by atomic mass is 15.1. The van der Waals surface area contributed by atoms with Crippen LogP contribution in [0.5, 0.6) is 0 Å². The lowest BCUT2D eigenvalue weighted by Gasteiger charge is -2.29. The van der Waals surface area contributed by atoms with Crippen LogP contribution in [0.4, 0.5) is 0 Å². The Morgan fingerprint density at radius 1 is 1.60 bits per heavy atom. The number of likely N-dealkylation sites (N-methyl/N-ethyl adjacent to an activating group) is 1. The topological polar surface area (TPSA) is 3.24 Å². The van der Waals surface area contributed by atoms with Crippen molar-refractivity contribution in [3.8, 4) is 0 Å². The highest BCUT2D eigenvalue weighted by Crippen LogP contribution is 2.14. The van der Waals surface area contributed by atoms with E-state index in [0.717, 1.165) is 0 Å². The average molecular weight is 137 g/mol. The van der Waals surface area contributed by atoms with Gasteiger partial charge in [-0.25, -0.2) is 0 Å². The zero-order valence-electron chi connectivity index (χ0n) is 6.64. The lowest BCUT2D eigenvalue weighted by atomic mass is 10.0. The fourth-order valence-electron chi connectivity index (χ4n) is 1.45. The maximum Gasteiger partial charge on any atom is 0.0349 e. The van der Waals surface area contributed by atoms with Crippen molar-refractivity contribution < 1.29 is 0 Å². The van der Waals surface area contributed by atoms with Crippen molar-refractivity contribution in [1.82, 2.24) is 4.90 Å². The van der Waals surface area contributed by atoms with E-state index >= 15 is 0 Å². The van der Waals surface area contributed by atoms with Gasteiger partial charge in [-0.1, -0.05) is 13.0 Å². The Morgan fingerprint density at radius 3 is 3.00 bits per heavy atom. The van der Waals surface area contributed by atoms with E-state index < -0.39 is 0 Å². The van der Waals surface area contributed by atoms with Gasteiger partial charge in [0.15, 0.2) is 0 Å². The van der Waals surface area contributed by atoms with Crippen LogP contribution in [0.25, 0.3) is 0 Å². The smallest absolute Gasteiger partial charge is 0.0349 e. The molecule has 0 radical (unpaired) electrons. The van der Waals surface area contributed by atoms with Crippen LogP contribution < -0.4 is 0 Å². The molecule has 1 heterocycles. The van der Waals surface area contributed by atoms with Crippen molar-refractivity contribution in [2.24, 2.45) is 0 Å². The molecule has 1 nitrogen and oxygen atoms in total. The first-order valence-electron chi connectivity index (χ1n) is 3.91. The van der Waals surface area contributed by atoms with Crippen LogP contribution in [0.1, 0.15) is 19.3 Å². The summed E-state index contributed by atoms with van der Waals surface area (Å²) in [5.41, 5.74) is 2.85. The number of hydrogen-bond donors (Lipinski definition) is 0. The largest absolute Gasteiger partial charge is 0.299 e. The lowest BCUT2D eigenvalue weighted by molar-refractivity contribution is 0.222. The zero-order valence-corrected chi connectivity index (χ0v) is 6.64. The van der Waals surface area contributed by atoms with Gasteiger partial charge in [0.2, 0.25) is 0 Å². The number of piperidine rings is 1. The van der Waals surface area contributed by atoms with Gasteiger partial charge in [0.1, 0.15) is 0 Å². The van der Waals surface area contributed by atoms with Crippen molar-refractivity contribution in [3.63, 3.8) is 0 Å². The molecule has 1 atom stereocenters. The minimum Gasteiger partial charge on any atom is -0.299 e. The van der Waals surface area contributed by atoms with Gasteiger partial charge in [0.05, 0.1) is 0 Å². The predicted octanol–water partition coefficient (Wildman–Crippen LogP) is 1.81. The van der Waals surface area contributed by atoms with E-state index in [0.29, 0.717) is 6.04 Å². The van der Waals surface area contributed by atoms with Crippen molar-refractivity contribution in [3.05, 3.63) is 18.4 Å². The second-order valence-corrected chi connectivity index (χ2v) is 2.91. The molecule has 1 aliphatic rings. The molecule has 1 unspecified atom stereocenters. The molecule has 1 fully saturated rings. The highest BCUT2D eigenvalue weighted by molar-refractivity contribution is 4.92. The number of nitrogens with zero attached hydrogens (tertiary/aromatic N) is 1. The summed E-state index contributed by atoms with van der Waals surface area (Å²) in [7, 11) is 2.16. The monoisotopic (exact) mass is 137 g/mol. The molecular weight excluding hydrogens is 122 g/mol. The summed E-state index contributed by atoms with van der Waals surface area (Å²) in [6.45, 7) is 4.81. The molecule has 1 saturated heterocycles. The van der Waals surface area contributed by atoms with E-state index in [4.69, 9.17) is 0 Å². The molecule has 0 aliphatic carbocycles. The fraction of sp³-hybridized carbons (Fsp3) is 0.667. The Bertz CT molecular complexity index is 145. The normalized spacial score (nSPS) is 27.5. The van der Waals surface area contributed by atoms with E-state index in [-0.39, 0.29) is 0 Å². The molecule has 0 bridgehead atoms. The summed E-state index contributed by atoms with van der Waals surface area (Å²) in [6, 6.07) is 0.603. The van der Waals surface area contributed by atoms with Crippen LogP contribution in [0, 0.1) is 0 Å². The molecule has 56 valence electrons. The van der Waals surface area contributed by atoms with Crippen molar-refractivity contribution in [1.29, 1.82) is 0 Å². The SMILES string of the molecule is C=C=CC1CCCCN1C. The molecule has 0 aromatic carbocycles. The maximum absolute atomic E-state index is 3.58. The average Bonchev–Trinajstić information content (AvgIpc) is 1.94. The number of likely N-dealkylation sites (tertiary alicyclic amines) is 1. The Hall–Kier alpha value is -0.520. The first kappa shape index (κ1) is 7.59. The van der Waals surface area contributed by atoms with E-state index in [1.54, 1.807) is 0 Å². The third-order valence-corrected chi connectivity index (χ3v) is 2.14. The summed E-state index contributed by atoms with van der Waals surface area (Å²) in [4.78, 5) is 2.36. The quantitative estimate of drug-likeness (QED) is 0.498. The molecule has 0 aromatic rings. The summed E-state index contributed by atoms with van der Waals surface area (Å²) in [6.07, 6.45) is 6.04. The van der Waals surface area contributed by atoms with Gasteiger partial charge in [-0.3, -0.25) is 4.90 Å². The van der Waals surface area contributed by atoms with Gasteiger partial charge >= 0.3 is 0 Å². The van der Waals surface area contributed by atoms with E-state index in [1.165, 1.54) is 25.8 Å². The predicted molar refractivity (Wildman–Crippen MR) is 44.0 cm³/mol. The standard InChI is InChI=1S/C9H15N/c1-3-6-9-7-4-5-8-10(9)2/h6,9H,1,4-5,7-8H2,2H3. The second-order valence-electron chi connectivity index (χ2n) is 2.91. The molecule has 1 aliphatic heterocycles. The van der Waals surface area contributed by atoms with Crippen molar-refractivity contribution in [2.45, 2.75) is 25.3 Å². The molecule has 1 heteroatoms. The van der Waals surface area contributed by atoms with Gasteiger partial charge in [-0.2, -0.15) is 0 Å². The molecule has 0 N–H and O–H groups in total. The molecule has 0 spiro atoms. The first-order valence-corrected chi connectivity index (χ1v) is 3.91. The molecule has 1 rings (SSSR count). The number of rotatable bonds is 1. The molecule has 0 aromatic heterocycles. The van der Waals surface area contributed by atoms with Crippen molar-refractivity contribution >= 4 is 0 Å². The summed E-state index contributed by atoms with van der Waals surface area (Å²) in [5.74, 6) is 0. The van der Waals surface area contributed by atoms with Crippen molar-refractivity contribution in [2.75, 3.05) is 13.6 Å². The molecule has 0 amide bonds. The van der Waals surface area contributed by atoms with E-state index in [2.05, 4.69) is 30.3 Å². The van der Waals surface area contributed by atoms with Crippen LogP contribution >= 0.6 is 0 Å². The van der Waals surface area contributed by atoms with Gasteiger partial charge in [0, 0.05) is 6.04 Å². The minimum atomic E-state index is 0.603. The van der Waals surface area contributed by atoms with Crippen LogP contribution in [-0.4, -0.2) is 24.5 Å². The van der Waals surface area contributed by atoms with Gasteiger partial charge in [-0.15, -0.1) is 5.73 Å². The Labute approximate surface area is 63.0 Å². The highest BCUT2D eigenvalue weighted by Gasteiger charge is 2.14. The molecular formula is C9H15N. The van der Waals surface area contributed by atoms with Crippen LogP contribution in [-0.2, 0) is 0 Å².